The maximum absolute atomic E-state index is 12.4. The molecular weight excluding hydrogens is 212 g/mol. The normalized spacial score (nSPS) is 26.6. The first-order chi connectivity index (χ1) is 8.15. The van der Waals surface area contributed by atoms with E-state index < -0.39 is 0 Å². The van der Waals surface area contributed by atoms with Gasteiger partial charge in [-0.3, -0.25) is 10.1 Å². The summed E-state index contributed by atoms with van der Waals surface area (Å²) < 4.78 is 0. The van der Waals surface area contributed by atoms with Crippen LogP contribution in [-0.2, 0) is 4.79 Å². The summed E-state index contributed by atoms with van der Waals surface area (Å²) in [6.45, 7) is 8.69. The lowest BCUT2D eigenvalue weighted by atomic mass is 10.1. The first-order valence-corrected chi connectivity index (χ1v) is 7.23. The van der Waals surface area contributed by atoms with E-state index in [2.05, 4.69) is 37.9 Å². The molecule has 1 saturated heterocycles. The van der Waals surface area contributed by atoms with Crippen molar-refractivity contribution >= 4 is 5.91 Å². The molecule has 1 aliphatic heterocycles. The minimum Gasteiger partial charge on any atom is -0.323 e. The summed E-state index contributed by atoms with van der Waals surface area (Å²) in [7, 11) is 0. The minimum atomic E-state index is 0.0656. The Morgan fingerprint density at radius 1 is 1.18 bits per heavy atom. The fourth-order valence-electron chi connectivity index (χ4n) is 2.79. The largest absolute Gasteiger partial charge is 0.323 e. The van der Waals surface area contributed by atoms with Gasteiger partial charge in [0.1, 0.15) is 0 Å². The van der Waals surface area contributed by atoms with Crippen molar-refractivity contribution in [1.82, 2.24) is 10.2 Å². The van der Waals surface area contributed by atoms with Crippen LogP contribution < -0.4 is 5.32 Å². The summed E-state index contributed by atoms with van der Waals surface area (Å²) in [5.74, 6) is 0.325. The Morgan fingerprint density at radius 3 is 2.35 bits per heavy atom. The van der Waals surface area contributed by atoms with Crippen LogP contribution in [0.4, 0.5) is 0 Å². The second-order valence-corrected chi connectivity index (χ2v) is 5.20. The van der Waals surface area contributed by atoms with Gasteiger partial charge in [-0.1, -0.05) is 40.0 Å². The molecule has 1 aliphatic rings. The molecule has 0 saturated carbocycles. The molecule has 3 nitrogen and oxygen atoms in total. The van der Waals surface area contributed by atoms with E-state index in [0.29, 0.717) is 11.9 Å². The van der Waals surface area contributed by atoms with Gasteiger partial charge in [0.05, 0.1) is 12.2 Å². The number of amides is 1. The standard InChI is InChI=1S/C14H28N2O/c1-5-8-11(4)16-13(10-7-3)15-12(9-6-2)14(16)17/h11-13,15H,5-10H2,1-4H3. The highest BCUT2D eigenvalue weighted by Gasteiger charge is 2.39. The van der Waals surface area contributed by atoms with Crippen LogP contribution in [0.3, 0.4) is 0 Å². The summed E-state index contributed by atoms with van der Waals surface area (Å²) in [6.07, 6.45) is 6.74. The highest BCUT2D eigenvalue weighted by atomic mass is 16.2. The lowest BCUT2D eigenvalue weighted by Gasteiger charge is -2.30. The molecule has 0 aromatic rings. The maximum atomic E-state index is 12.4. The lowest BCUT2D eigenvalue weighted by molar-refractivity contribution is -0.132. The third-order valence-corrected chi connectivity index (χ3v) is 3.60. The van der Waals surface area contributed by atoms with Crippen molar-refractivity contribution < 1.29 is 4.79 Å². The van der Waals surface area contributed by atoms with E-state index in [1.807, 2.05) is 0 Å². The maximum Gasteiger partial charge on any atom is 0.241 e. The molecule has 1 heterocycles. The van der Waals surface area contributed by atoms with Gasteiger partial charge in [-0.05, 0) is 26.2 Å². The number of rotatable bonds is 7. The van der Waals surface area contributed by atoms with E-state index >= 15 is 0 Å². The molecule has 0 aromatic heterocycles. The van der Waals surface area contributed by atoms with Gasteiger partial charge in [-0.2, -0.15) is 0 Å². The van der Waals surface area contributed by atoms with Gasteiger partial charge in [-0.15, -0.1) is 0 Å². The summed E-state index contributed by atoms with van der Waals surface area (Å²) >= 11 is 0. The van der Waals surface area contributed by atoms with Crippen LogP contribution in [0.25, 0.3) is 0 Å². The summed E-state index contributed by atoms with van der Waals surface area (Å²) in [6, 6.07) is 0.439. The minimum absolute atomic E-state index is 0.0656. The Morgan fingerprint density at radius 2 is 1.82 bits per heavy atom. The topological polar surface area (TPSA) is 32.3 Å². The SMILES string of the molecule is CCCC1NC(CCC)N(C(C)CCC)C1=O. The van der Waals surface area contributed by atoms with Crippen molar-refractivity contribution in [3.05, 3.63) is 0 Å². The Hall–Kier alpha value is -0.570. The number of nitrogens with one attached hydrogen (secondary N) is 1. The van der Waals surface area contributed by atoms with Crippen molar-refractivity contribution in [3.63, 3.8) is 0 Å². The van der Waals surface area contributed by atoms with E-state index in [1.54, 1.807) is 0 Å². The van der Waals surface area contributed by atoms with E-state index in [4.69, 9.17) is 0 Å². The quantitative estimate of drug-likeness (QED) is 0.742. The van der Waals surface area contributed by atoms with Crippen LogP contribution in [-0.4, -0.2) is 29.1 Å². The highest BCUT2D eigenvalue weighted by Crippen LogP contribution is 2.22. The Bertz CT molecular complexity index is 242. The van der Waals surface area contributed by atoms with Gasteiger partial charge in [0.25, 0.3) is 0 Å². The van der Waals surface area contributed by atoms with Crippen LogP contribution in [0.5, 0.6) is 0 Å². The van der Waals surface area contributed by atoms with Gasteiger partial charge in [-0.25, -0.2) is 0 Å². The van der Waals surface area contributed by atoms with Crippen LogP contribution in [0.2, 0.25) is 0 Å². The number of hydrogen-bond donors (Lipinski definition) is 1. The fraction of sp³-hybridized carbons (Fsp3) is 0.929. The summed E-state index contributed by atoms with van der Waals surface area (Å²) in [4.78, 5) is 14.5. The van der Waals surface area contributed by atoms with Gasteiger partial charge in [0.15, 0.2) is 0 Å². The van der Waals surface area contributed by atoms with Gasteiger partial charge in [0.2, 0.25) is 5.91 Å². The van der Waals surface area contributed by atoms with Crippen molar-refractivity contribution in [2.24, 2.45) is 0 Å². The Kier molecular flexibility index (Phi) is 5.96. The molecule has 1 fully saturated rings. The number of hydrogen-bond acceptors (Lipinski definition) is 2. The van der Waals surface area contributed by atoms with Crippen molar-refractivity contribution in [1.29, 1.82) is 0 Å². The number of carbonyl (C=O) groups is 1. The van der Waals surface area contributed by atoms with E-state index in [1.165, 1.54) is 0 Å². The molecule has 1 amide bonds. The zero-order valence-corrected chi connectivity index (χ0v) is 11.8. The second-order valence-electron chi connectivity index (χ2n) is 5.20. The second kappa shape index (κ2) is 7.00. The van der Waals surface area contributed by atoms with Crippen LogP contribution in [0.15, 0.2) is 0 Å². The van der Waals surface area contributed by atoms with Crippen molar-refractivity contribution in [2.75, 3.05) is 0 Å². The van der Waals surface area contributed by atoms with Crippen LogP contribution >= 0.6 is 0 Å². The molecule has 1 rings (SSSR count). The molecule has 0 aromatic carbocycles. The monoisotopic (exact) mass is 240 g/mol. The molecule has 0 bridgehead atoms. The molecule has 3 heteroatoms. The average molecular weight is 240 g/mol. The van der Waals surface area contributed by atoms with Gasteiger partial charge in [0, 0.05) is 6.04 Å². The number of carbonyl (C=O) groups excluding carboxylic acids is 1. The van der Waals surface area contributed by atoms with Crippen molar-refractivity contribution in [2.45, 2.75) is 84.5 Å². The van der Waals surface area contributed by atoms with E-state index in [9.17, 15) is 4.79 Å². The van der Waals surface area contributed by atoms with E-state index in [-0.39, 0.29) is 12.2 Å². The molecular formula is C14H28N2O. The summed E-state index contributed by atoms with van der Waals surface area (Å²) in [5, 5.41) is 3.51. The third-order valence-electron chi connectivity index (χ3n) is 3.60. The van der Waals surface area contributed by atoms with Crippen molar-refractivity contribution in [3.8, 4) is 0 Å². The first-order valence-electron chi connectivity index (χ1n) is 7.23. The predicted molar refractivity (Wildman–Crippen MR) is 71.7 cm³/mol. The van der Waals surface area contributed by atoms with Gasteiger partial charge >= 0.3 is 0 Å². The average Bonchev–Trinajstić information content (AvgIpc) is 2.57. The van der Waals surface area contributed by atoms with Crippen LogP contribution in [0.1, 0.15) is 66.2 Å². The molecule has 17 heavy (non-hydrogen) atoms. The summed E-state index contributed by atoms with van der Waals surface area (Å²) in [5.41, 5.74) is 0. The highest BCUT2D eigenvalue weighted by molar-refractivity contribution is 5.84. The zero-order chi connectivity index (χ0) is 12.8. The molecule has 1 N–H and O–H groups in total. The predicted octanol–water partition coefficient (Wildman–Crippen LogP) is 2.90. The van der Waals surface area contributed by atoms with Gasteiger partial charge < -0.3 is 4.90 Å². The Balaban J connectivity index is 2.71. The number of nitrogens with zero attached hydrogens (tertiary/aromatic N) is 1. The molecule has 0 radical (unpaired) electrons. The Labute approximate surface area is 106 Å². The molecule has 0 spiro atoms. The molecule has 0 aliphatic carbocycles. The first kappa shape index (κ1) is 14.5. The lowest BCUT2D eigenvalue weighted by Crippen LogP contribution is -2.43. The van der Waals surface area contributed by atoms with E-state index in [0.717, 1.165) is 38.5 Å². The molecule has 3 unspecified atom stereocenters. The fourth-order valence-corrected chi connectivity index (χ4v) is 2.79. The molecule has 100 valence electrons. The smallest absolute Gasteiger partial charge is 0.241 e. The van der Waals surface area contributed by atoms with Crippen LogP contribution in [0, 0.1) is 0 Å². The molecule has 3 atom stereocenters. The third kappa shape index (κ3) is 3.44. The zero-order valence-electron chi connectivity index (χ0n) is 11.8.